The van der Waals surface area contributed by atoms with Gasteiger partial charge in [-0.15, -0.1) is 0 Å². The zero-order valence-corrected chi connectivity index (χ0v) is 8.43. The molecule has 78 valence electrons. The van der Waals surface area contributed by atoms with Crippen LogP contribution in [0.25, 0.3) is 0 Å². The number of carbonyl (C=O) groups excluding carboxylic acids is 2. The van der Waals surface area contributed by atoms with Gasteiger partial charge < -0.3 is 5.11 Å². The number of amides is 2. The van der Waals surface area contributed by atoms with E-state index in [-0.39, 0.29) is 29.7 Å². The number of piperidine rings is 1. The van der Waals surface area contributed by atoms with Crippen LogP contribution in [0.2, 0.25) is 0 Å². The van der Waals surface area contributed by atoms with Crippen LogP contribution in [0.5, 0.6) is 0 Å². The highest BCUT2D eigenvalue weighted by atomic mass is 16.3. The molecule has 1 aliphatic carbocycles. The summed E-state index contributed by atoms with van der Waals surface area (Å²) in [6.07, 6.45) is 0.692. The predicted octanol–water partition coefficient (Wildman–Crippen LogP) is 0.151. The second-order valence-electron chi connectivity index (χ2n) is 4.21. The summed E-state index contributed by atoms with van der Waals surface area (Å²) in [6, 6.07) is -0.368. The molecule has 2 aliphatic rings. The van der Waals surface area contributed by atoms with Crippen molar-refractivity contribution in [3.05, 3.63) is 0 Å². The number of imide groups is 1. The van der Waals surface area contributed by atoms with E-state index >= 15 is 0 Å². The van der Waals surface area contributed by atoms with Crippen LogP contribution in [0.3, 0.4) is 0 Å². The number of aliphatic hydroxyl groups is 1. The van der Waals surface area contributed by atoms with Crippen molar-refractivity contribution in [3.8, 4) is 0 Å². The number of nitrogens with zero attached hydrogens (tertiary/aromatic N) is 1. The molecular weight excluding hydrogens is 182 g/mol. The fourth-order valence-corrected chi connectivity index (χ4v) is 2.12. The minimum atomic E-state index is -0.597. The fraction of sp³-hybridized carbons (Fsp3) is 0.800. The quantitative estimate of drug-likeness (QED) is 0.655. The van der Waals surface area contributed by atoms with Crippen LogP contribution < -0.4 is 0 Å². The summed E-state index contributed by atoms with van der Waals surface area (Å²) in [7, 11) is 0. The highest BCUT2D eigenvalue weighted by molar-refractivity contribution is 6.09. The Bertz CT molecular complexity index is 269. The number of likely N-dealkylation sites (tertiary alicyclic amines) is 1. The summed E-state index contributed by atoms with van der Waals surface area (Å²) < 4.78 is 0. The van der Waals surface area contributed by atoms with E-state index in [4.69, 9.17) is 0 Å². The molecule has 4 unspecified atom stereocenters. The average Bonchev–Trinajstić information content (AvgIpc) is 2.91. The van der Waals surface area contributed by atoms with E-state index < -0.39 is 6.10 Å². The second-order valence-corrected chi connectivity index (χ2v) is 4.21. The van der Waals surface area contributed by atoms with Crippen molar-refractivity contribution in [1.29, 1.82) is 0 Å². The molecule has 0 bridgehead atoms. The zero-order valence-electron chi connectivity index (χ0n) is 8.43. The second kappa shape index (κ2) is 3.05. The third kappa shape index (κ3) is 1.17. The van der Waals surface area contributed by atoms with Crippen LogP contribution in [-0.4, -0.2) is 34.0 Å². The van der Waals surface area contributed by atoms with Crippen LogP contribution >= 0.6 is 0 Å². The Morgan fingerprint density at radius 1 is 1.43 bits per heavy atom. The Morgan fingerprint density at radius 2 is 1.93 bits per heavy atom. The molecule has 1 saturated heterocycles. The smallest absolute Gasteiger partial charge is 0.233 e. The van der Waals surface area contributed by atoms with E-state index in [2.05, 4.69) is 0 Å². The van der Waals surface area contributed by atoms with Gasteiger partial charge in [0.05, 0.1) is 24.0 Å². The molecule has 1 N–H and O–H groups in total. The molecule has 4 nitrogen and oxygen atoms in total. The van der Waals surface area contributed by atoms with Gasteiger partial charge >= 0.3 is 0 Å². The normalized spacial score (nSPS) is 34.4. The van der Waals surface area contributed by atoms with Crippen LogP contribution in [0.4, 0.5) is 0 Å². The molecule has 4 atom stereocenters. The Kier molecular flexibility index (Phi) is 2.10. The molecule has 14 heavy (non-hydrogen) atoms. The SMILES string of the molecule is CCC(O)C(C)N1C(=O)C2CC2C1=O. The van der Waals surface area contributed by atoms with Crippen molar-refractivity contribution in [2.24, 2.45) is 11.8 Å². The molecule has 0 radical (unpaired) electrons. The molecule has 1 saturated carbocycles. The fourth-order valence-electron chi connectivity index (χ4n) is 2.12. The summed E-state index contributed by atoms with van der Waals surface area (Å²) in [6.45, 7) is 3.57. The zero-order chi connectivity index (χ0) is 10.5. The van der Waals surface area contributed by atoms with Gasteiger partial charge in [-0.25, -0.2) is 0 Å². The number of fused-ring (bicyclic) bond motifs is 1. The molecule has 2 amide bonds. The Balaban J connectivity index is 2.11. The van der Waals surface area contributed by atoms with Crippen molar-refractivity contribution in [2.45, 2.75) is 38.8 Å². The van der Waals surface area contributed by atoms with Crippen molar-refractivity contribution >= 4 is 11.8 Å². The molecule has 1 aliphatic heterocycles. The molecule has 0 aromatic carbocycles. The van der Waals surface area contributed by atoms with Crippen LogP contribution in [0.15, 0.2) is 0 Å². The summed E-state index contributed by atoms with van der Waals surface area (Å²) >= 11 is 0. The van der Waals surface area contributed by atoms with Gasteiger partial charge in [-0.1, -0.05) is 6.92 Å². The maximum atomic E-state index is 11.6. The van der Waals surface area contributed by atoms with Gasteiger partial charge in [0.2, 0.25) is 11.8 Å². The molecule has 4 heteroatoms. The number of carbonyl (C=O) groups is 2. The first-order valence-corrected chi connectivity index (χ1v) is 5.13. The predicted molar refractivity (Wildman–Crippen MR) is 49.2 cm³/mol. The monoisotopic (exact) mass is 197 g/mol. The summed E-state index contributed by atoms with van der Waals surface area (Å²) in [4.78, 5) is 24.5. The number of hydrogen-bond acceptors (Lipinski definition) is 3. The summed E-state index contributed by atoms with van der Waals surface area (Å²) in [5.41, 5.74) is 0. The van der Waals surface area contributed by atoms with Gasteiger partial charge in [-0.05, 0) is 19.8 Å². The Morgan fingerprint density at radius 3 is 2.36 bits per heavy atom. The summed E-state index contributed by atoms with van der Waals surface area (Å²) in [5, 5.41) is 9.58. The van der Waals surface area contributed by atoms with E-state index in [0.29, 0.717) is 6.42 Å². The van der Waals surface area contributed by atoms with Gasteiger partial charge in [-0.3, -0.25) is 14.5 Å². The molecule has 0 aromatic rings. The lowest BCUT2D eigenvalue weighted by atomic mass is 10.1. The molecular formula is C10H15NO3. The maximum Gasteiger partial charge on any atom is 0.233 e. The van der Waals surface area contributed by atoms with Gasteiger partial charge in [0.1, 0.15) is 0 Å². The number of rotatable bonds is 3. The number of aliphatic hydroxyl groups excluding tert-OH is 1. The molecule has 0 spiro atoms. The Hall–Kier alpha value is -0.900. The van der Waals surface area contributed by atoms with Crippen molar-refractivity contribution in [3.63, 3.8) is 0 Å². The van der Waals surface area contributed by atoms with E-state index in [0.717, 1.165) is 6.42 Å². The molecule has 2 fully saturated rings. The van der Waals surface area contributed by atoms with Gasteiger partial charge in [-0.2, -0.15) is 0 Å². The van der Waals surface area contributed by atoms with Gasteiger partial charge in [0, 0.05) is 0 Å². The van der Waals surface area contributed by atoms with Gasteiger partial charge in [0.15, 0.2) is 0 Å². The minimum Gasteiger partial charge on any atom is -0.391 e. The van der Waals surface area contributed by atoms with Crippen LogP contribution in [0, 0.1) is 11.8 Å². The van der Waals surface area contributed by atoms with Crippen LogP contribution in [0.1, 0.15) is 26.7 Å². The first kappa shape index (κ1) is 9.65. The first-order valence-electron chi connectivity index (χ1n) is 5.13. The Labute approximate surface area is 82.9 Å². The van der Waals surface area contributed by atoms with E-state index in [1.54, 1.807) is 6.92 Å². The van der Waals surface area contributed by atoms with Crippen LogP contribution in [-0.2, 0) is 9.59 Å². The summed E-state index contributed by atoms with van der Waals surface area (Å²) in [5.74, 6) is -0.289. The third-order valence-corrected chi connectivity index (χ3v) is 3.28. The number of hydrogen-bond donors (Lipinski definition) is 1. The lowest BCUT2D eigenvalue weighted by Crippen LogP contribution is -2.46. The highest BCUT2D eigenvalue weighted by Crippen LogP contribution is 2.47. The van der Waals surface area contributed by atoms with E-state index in [9.17, 15) is 14.7 Å². The largest absolute Gasteiger partial charge is 0.391 e. The van der Waals surface area contributed by atoms with Crippen molar-refractivity contribution in [1.82, 2.24) is 4.90 Å². The molecule has 2 rings (SSSR count). The van der Waals surface area contributed by atoms with Gasteiger partial charge in [0.25, 0.3) is 0 Å². The topological polar surface area (TPSA) is 57.6 Å². The lowest BCUT2D eigenvalue weighted by Gasteiger charge is -2.27. The average molecular weight is 197 g/mol. The van der Waals surface area contributed by atoms with Crippen molar-refractivity contribution < 1.29 is 14.7 Å². The highest BCUT2D eigenvalue weighted by Gasteiger charge is 2.60. The lowest BCUT2D eigenvalue weighted by molar-refractivity contribution is -0.146. The minimum absolute atomic E-state index is 0.0611. The maximum absolute atomic E-state index is 11.6. The third-order valence-electron chi connectivity index (χ3n) is 3.28. The molecule has 1 heterocycles. The van der Waals surface area contributed by atoms with E-state index in [1.165, 1.54) is 4.90 Å². The molecule has 0 aromatic heterocycles. The van der Waals surface area contributed by atoms with E-state index in [1.807, 2.05) is 6.92 Å². The van der Waals surface area contributed by atoms with Crippen molar-refractivity contribution in [2.75, 3.05) is 0 Å². The standard InChI is InChI=1S/C10H15NO3/c1-3-8(12)5(2)11-9(13)6-4-7(6)10(11)14/h5-8,12H,3-4H2,1-2H3. The first-order chi connectivity index (χ1) is 6.57.